The first kappa shape index (κ1) is 78.8. The molecule has 4 aliphatic heterocycles. The summed E-state index contributed by atoms with van der Waals surface area (Å²) in [6, 6.07) is 0. The van der Waals surface area contributed by atoms with E-state index in [1.807, 2.05) is 0 Å². The Bertz CT molecular complexity index is 3160. The lowest BCUT2D eigenvalue weighted by molar-refractivity contribution is -0.257. The number of aliphatic hydroxyl groups is 6. The van der Waals surface area contributed by atoms with Crippen LogP contribution in [0.4, 0.5) is 11.6 Å². The zero-order chi connectivity index (χ0) is 70.4. The van der Waals surface area contributed by atoms with Crippen LogP contribution < -0.4 is 22.1 Å². The smallest absolute Gasteiger partial charge is 0.394 e. The first-order valence-electron chi connectivity index (χ1n) is 31.8. The van der Waals surface area contributed by atoms with Crippen LogP contribution in [0.25, 0.3) is 22.3 Å². The van der Waals surface area contributed by atoms with E-state index in [0.717, 1.165) is 6.33 Å². The molecule has 2 amide bonds. The molecule has 0 bridgehead atoms. The largest absolute Gasteiger partial charge is 0.472 e. The molecule has 4 fully saturated rings. The summed E-state index contributed by atoms with van der Waals surface area (Å²) in [6.45, 7) is 1.07. The Kier molecular flexibility index (Phi) is 31.3. The van der Waals surface area contributed by atoms with Crippen LogP contribution in [0.15, 0.2) is 25.3 Å². The zero-order valence-electron chi connectivity index (χ0n) is 53.9. The molecule has 4 saturated heterocycles. The summed E-state index contributed by atoms with van der Waals surface area (Å²) in [4.78, 5) is 81.4. The average molecular weight is 1450 g/mol. The van der Waals surface area contributed by atoms with Gasteiger partial charge in [-0.3, -0.25) is 32.3 Å². The molecule has 1 unspecified atom stereocenters. The standard InChI is InChI=1S/C55H90N12O29P2/c1-31(2)91-46-36(94-54(66-27-64-42-50(56)60-25-62-52(42)66)48(46)87-29-83-17-15-81-13-9-58-38(72)7-3-5-11-85-40-19-32(70)44(74)34(21-68)92-40)24-90-98(79,80)96-47-37(23-89-97(76,77)78)95-55(67-28-65-43-51(57)61-26-63-53(43)67)49(47)88-30-84-18-16-82-14-10-59-39(73)8-4-6-12-86-41-20-33(71)45(75)35(22-69)93-41/h25-28,31-37,40-41,44-49,54-55,68-71,74-75H,3-24,29-30H2,1-2H3,(H,58,72)(H,59,73)(H,79,80)(H2,56,60,62)(H2,57,61,63)(H2,76,77,78)/t32-,33-,34-,35-,36-,37-,40-,41-,44-,45-,46-,47-,48-,49-,54-,55-/m1/s1. The highest BCUT2D eigenvalue weighted by molar-refractivity contribution is 7.47. The third kappa shape index (κ3) is 23.3. The fourth-order valence-corrected chi connectivity index (χ4v) is 12.1. The second-order valence-electron chi connectivity index (χ2n) is 23.1. The molecule has 17 atom stereocenters. The number of unbranched alkanes of at least 4 members (excludes halogenated alkanes) is 2. The number of aromatic nitrogens is 8. The molecule has 98 heavy (non-hydrogen) atoms. The van der Waals surface area contributed by atoms with Gasteiger partial charge in [0.25, 0.3) is 0 Å². The van der Waals surface area contributed by atoms with Crippen molar-refractivity contribution in [2.45, 2.75) is 170 Å². The number of nitrogen functional groups attached to an aromatic ring is 2. The van der Waals surface area contributed by atoms with Crippen molar-refractivity contribution in [1.29, 1.82) is 0 Å². The highest BCUT2D eigenvalue weighted by Gasteiger charge is 2.54. The quantitative estimate of drug-likeness (QED) is 0.0120. The third-order valence-corrected chi connectivity index (χ3v) is 17.1. The summed E-state index contributed by atoms with van der Waals surface area (Å²) in [6.07, 6.45) is -12.0. The predicted octanol–water partition coefficient (Wildman–Crippen LogP) is -2.95. The van der Waals surface area contributed by atoms with Crippen LogP contribution in [-0.4, -0.2) is 294 Å². The number of carbonyl (C=O) groups is 2. The van der Waals surface area contributed by atoms with Gasteiger partial charge in [-0.25, -0.2) is 39.0 Å². The molecule has 15 N–H and O–H groups in total. The van der Waals surface area contributed by atoms with E-state index in [-0.39, 0.29) is 144 Å². The number of hydrogen-bond donors (Lipinski definition) is 13. The van der Waals surface area contributed by atoms with Gasteiger partial charge in [-0.15, -0.1) is 0 Å². The van der Waals surface area contributed by atoms with E-state index in [1.165, 1.54) is 28.1 Å². The van der Waals surface area contributed by atoms with Gasteiger partial charge in [0.2, 0.25) is 11.8 Å². The maximum absolute atomic E-state index is 14.4. The summed E-state index contributed by atoms with van der Waals surface area (Å²) in [7, 11) is -10.6. The highest BCUT2D eigenvalue weighted by Crippen LogP contribution is 2.51. The number of nitrogens with two attached hydrogens (primary N) is 2. The van der Waals surface area contributed by atoms with E-state index in [4.69, 9.17) is 86.6 Å². The Balaban J connectivity index is 0.835. The van der Waals surface area contributed by atoms with Gasteiger partial charge in [0.15, 0.2) is 48.0 Å². The van der Waals surface area contributed by atoms with E-state index in [1.54, 1.807) is 13.8 Å². The second-order valence-corrected chi connectivity index (χ2v) is 25.8. The van der Waals surface area contributed by atoms with Gasteiger partial charge >= 0.3 is 15.6 Å². The number of ether oxygens (including phenoxy) is 13. The van der Waals surface area contributed by atoms with Crippen molar-refractivity contribution in [3.63, 3.8) is 0 Å². The minimum atomic E-state index is -5.38. The lowest BCUT2D eigenvalue weighted by Gasteiger charge is -2.36. The molecule has 0 spiro atoms. The van der Waals surface area contributed by atoms with E-state index in [2.05, 4.69) is 40.5 Å². The zero-order valence-corrected chi connectivity index (χ0v) is 55.7. The van der Waals surface area contributed by atoms with Crippen molar-refractivity contribution in [2.75, 3.05) is 117 Å². The maximum Gasteiger partial charge on any atom is 0.472 e. The van der Waals surface area contributed by atoms with Crippen molar-refractivity contribution in [2.24, 2.45) is 0 Å². The summed E-state index contributed by atoms with van der Waals surface area (Å²) in [5.74, 6) is -0.409. The van der Waals surface area contributed by atoms with E-state index in [9.17, 15) is 64.0 Å². The topological polar surface area (TPSA) is 561 Å². The normalized spacial score (nSPS) is 28.3. The first-order valence-corrected chi connectivity index (χ1v) is 34.8. The first-order chi connectivity index (χ1) is 47.0. The molecule has 0 aliphatic carbocycles. The van der Waals surface area contributed by atoms with Crippen LogP contribution >= 0.6 is 15.6 Å². The van der Waals surface area contributed by atoms with Crippen LogP contribution in [-0.2, 0) is 93.9 Å². The molecule has 41 nitrogen and oxygen atoms in total. The molecule has 8 rings (SSSR count). The Labute approximate surface area is 561 Å². The minimum Gasteiger partial charge on any atom is -0.394 e. The molecule has 43 heteroatoms. The van der Waals surface area contributed by atoms with Crippen molar-refractivity contribution in [1.82, 2.24) is 49.7 Å². The third-order valence-electron chi connectivity index (χ3n) is 15.6. The Morgan fingerprint density at radius 3 is 1.48 bits per heavy atom. The predicted molar refractivity (Wildman–Crippen MR) is 329 cm³/mol. The molecule has 8 heterocycles. The number of nitrogens with one attached hydrogen (secondary N) is 2. The number of phosphoric acid groups is 2. The van der Waals surface area contributed by atoms with Gasteiger partial charge in [0, 0.05) is 52.0 Å². The van der Waals surface area contributed by atoms with Crippen molar-refractivity contribution in [3.8, 4) is 0 Å². The van der Waals surface area contributed by atoms with E-state index >= 15 is 0 Å². The second kappa shape index (κ2) is 38.9. The monoisotopic (exact) mass is 1440 g/mol. The number of rotatable bonds is 44. The Hall–Kier alpha value is -4.90. The van der Waals surface area contributed by atoms with Gasteiger partial charge < -0.3 is 129 Å². The van der Waals surface area contributed by atoms with Crippen LogP contribution in [0.1, 0.15) is 77.7 Å². The average Bonchev–Trinajstić information content (AvgIpc) is 1.62. The fourth-order valence-electron chi connectivity index (χ4n) is 10.8. The van der Waals surface area contributed by atoms with Crippen LogP contribution in [0.2, 0.25) is 0 Å². The van der Waals surface area contributed by atoms with Gasteiger partial charge in [0.05, 0.1) is 97.0 Å². The SMILES string of the molecule is CC(C)O[C@H]1[C@@H](OCOCCOCCNC(=O)CCCCO[C@H]2C[C@@H](O)[C@@H](O)[C@@H](CO)O2)[C@H](n2cnc3c(N)ncnc32)O[C@@H]1COP(=O)(O)O[C@H]1[C@@H](OCOCCOCCNC(=O)CCCCO[C@H]2C[C@@H](O)[C@@H](O)[C@@H](CO)O2)[C@H](n2cnc3c(N)ncnc32)O[C@@H]1COP(=O)(O)O. The van der Waals surface area contributed by atoms with Crippen molar-refractivity contribution >= 4 is 61.4 Å². The van der Waals surface area contributed by atoms with Gasteiger partial charge in [-0.1, -0.05) is 0 Å². The molecule has 0 radical (unpaired) electrons. The fraction of sp³-hybridized carbons (Fsp3) is 0.782. The number of aliphatic hydroxyl groups excluding tert-OH is 6. The number of fused-ring (bicyclic) bond motifs is 2. The molecule has 4 aromatic rings. The van der Waals surface area contributed by atoms with Gasteiger partial charge in [-0.05, 0) is 39.5 Å². The van der Waals surface area contributed by atoms with E-state index in [0.29, 0.717) is 25.7 Å². The molecule has 554 valence electrons. The van der Waals surface area contributed by atoms with Crippen LogP contribution in [0, 0.1) is 0 Å². The Morgan fingerprint density at radius 2 is 1.02 bits per heavy atom. The number of amides is 2. The lowest BCUT2D eigenvalue weighted by Crippen LogP contribution is -2.50. The molecular weight excluding hydrogens is 1350 g/mol. The lowest BCUT2D eigenvalue weighted by atomic mass is 10.0. The summed E-state index contributed by atoms with van der Waals surface area (Å²) in [5.41, 5.74) is 12.9. The molecule has 0 aromatic carbocycles. The minimum absolute atomic E-state index is 0.00736. The van der Waals surface area contributed by atoms with Crippen molar-refractivity contribution < 1.29 is 139 Å². The molecule has 0 saturated carbocycles. The summed E-state index contributed by atoms with van der Waals surface area (Å²) in [5, 5.41) is 64.0. The van der Waals surface area contributed by atoms with Gasteiger partial charge in [-0.2, -0.15) is 0 Å². The van der Waals surface area contributed by atoms with Gasteiger partial charge in [0.1, 0.15) is 98.3 Å². The summed E-state index contributed by atoms with van der Waals surface area (Å²) >= 11 is 0. The molecule has 4 aromatic heterocycles. The van der Waals surface area contributed by atoms with Crippen LogP contribution in [0.5, 0.6) is 0 Å². The number of nitrogens with zero attached hydrogens (tertiary/aromatic N) is 8. The summed E-state index contributed by atoms with van der Waals surface area (Å²) < 4.78 is 122. The molecule has 4 aliphatic rings. The highest BCUT2D eigenvalue weighted by atomic mass is 31.2. The number of hydrogen-bond acceptors (Lipinski definition) is 34. The Morgan fingerprint density at radius 1 is 0.571 bits per heavy atom. The number of imidazole rings is 2. The van der Waals surface area contributed by atoms with Crippen LogP contribution in [0.3, 0.4) is 0 Å². The number of anilines is 2. The van der Waals surface area contributed by atoms with E-state index < -0.39 is 153 Å². The number of phosphoric ester groups is 2. The maximum atomic E-state index is 14.4. The van der Waals surface area contributed by atoms with Crippen molar-refractivity contribution in [3.05, 3.63) is 25.3 Å². The molecular formula is C55H90N12O29P2. The number of carbonyl (C=O) groups excluding carboxylic acids is 2.